The number of benzene rings is 1. The number of nitrogens with zero attached hydrogens (tertiary/aromatic N) is 2. The summed E-state index contributed by atoms with van der Waals surface area (Å²) in [6.07, 6.45) is 0. The number of halogens is 1. The zero-order chi connectivity index (χ0) is 22.4. The third-order valence-electron chi connectivity index (χ3n) is 4.95. The number of hydrogen-bond donors (Lipinski definition) is 1. The molecule has 2 aliphatic heterocycles. The van der Waals surface area contributed by atoms with Crippen molar-refractivity contribution in [3.63, 3.8) is 0 Å². The van der Waals surface area contributed by atoms with E-state index in [1.165, 1.54) is 11.8 Å². The molecule has 0 radical (unpaired) electrons. The van der Waals surface area contributed by atoms with Gasteiger partial charge >= 0.3 is 11.9 Å². The predicted octanol–water partition coefficient (Wildman–Crippen LogP) is 3.59. The van der Waals surface area contributed by atoms with Crippen molar-refractivity contribution in [2.24, 2.45) is 15.9 Å². The van der Waals surface area contributed by atoms with E-state index in [1.807, 2.05) is 6.07 Å². The summed E-state index contributed by atoms with van der Waals surface area (Å²) in [5.74, 6) is -1.85. The molecule has 0 saturated carbocycles. The number of rotatable bonds is 7. The molecule has 0 spiro atoms. The van der Waals surface area contributed by atoms with Gasteiger partial charge in [0.05, 0.1) is 31.0 Å². The first-order valence-corrected chi connectivity index (χ1v) is 11.6. The van der Waals surface area contributed by atoms with Gasteiger partial charge in [-0.15, -0.1) is 0 Å². The predicted molar refractivity (Wildman–Crippen MR) is 124 cm³/mol. The van der Waals surface area contributed by atoms with E-state index in [0.717, 1.165) is 23.8 Å². The smallest absolute Gasteiger partial charge is 0.336 e. The van der Waals surface area contributed by atoms with Gasteiger partial charge in [0.1, 0.15) is 5.92 Å². The van der Waals surface area contributed by atoms with Gasteiger partial charge in [-0.1, -0.05) is 35.5 Å². The molecule has 0 bridgehead atoms. The number of carbonyl (C=O) groups is 2. The highest BCUT2D eigenvalue weighted by molar-refractivity contribution is 8.14. The molecule has 7 nitrogen and oxygen atoms in total. The summed E-state index contributed by atoms with van der Waals surface area (Å²) in [5, 5.41) is 4.54. The van der Waals surface area contributed by atoms with Gasteiger partial charge in [-0.05, 0) is 38.5 Å². The van der Waals surface area contributed by atoms with Gasteiger partial charge in [-0.3, -0.25) is 14.8 Å². The first-order valence-electron chi connectivity index (χ1n) is 10.2. The largest absolute Gasteiger partial charge is 0.465 e. The summed E-state index contributed by atoms with van der Waals surface area (Å²) < 4.78 is 10.7. The lowest BCUT2D eigenvalue weighted by Crippen LogP contribution is -2.37. The minimum atomic E-state index is -0.742. The highest BCUT2D eigenvalue weighted by Crippen LogP contribution is 2.41. The molecule has 9 heteroatoms. The van der Waals surface area contributed by atoms with Gasteiger partial charge in [0.2, 0.25) is 0 Å². The van der Waals surface area contributed by atoms with Gasteiger partial charge in [0, 0.05) is 28.9 Å². The van der Waals surface area contributed by atoms with Crippen LogP contribution in [0.15, 0.2) is 45.5 Å². The van der Waals surface area contributed by atoms with Crippen LogP contribution in [0.25, 0.3) is 0 Å². The van der Waals surface area contributed by atoms with Gasteiger partial charge in [-0.2, -0.15) is 0 Å². The van der Waals surface area contributed by atoms with Crippen molar-refractivity contribution >= 4 is 46.2 Å². The average molecular weight is 464 g/mol. The quantitative estimate of drug-likeness (QED) is 0.621. The molecule has 0 fully saturated rings. The lowest BCUT2D eigenvalue weighted by Gasteiger charge is -2.32. The molecule has 1 N–H and O–H groups in total. The second-order valence-corrected chi connectivity index (χ2v) is 8.40. The van der Waals surface area contributed by atoms with Crippen molar-refractivity contribution < 1.29 is 19.1 Å². The molecule has 2 aliphatic rings. The Morgan fingerprint density at radius 3 is 2.68 bits per heavy atom. The summed E-state index contributed by atoms with van der Waals surface area (Å²) in [5.41, 5.74) is 2.26. The highest BCUT2D eigenvalue weighted by atomic mass is 35.5. The minimum Gasteiger partial charge on any atom is -0.465 e. The fraction of sp³-hybridized carbons (Fsp3) is 0.455. The third kappa shape index (κ3) is 5.49. The Bertz CT molecular complexity index is 944. The van der Waals surface area contributed by atoms with E-state index in [-0.39, 0.29) is 13.2 Å². The van der Waals surface area contributed by atoms with Crippen LogP contribution in [0.4, 0.5) is 0 Å². The summed E-state index contributed by atoms with van der Waals surface area (Å²) in [7, 11) is 0. The third-order valence-corrected chi connectivity index (χ3v) is 6.15. The van der Waals surface area contributed by atoms with Crippen molar-refractivity contribution in [1.29, 1.82) is 0 Å². The molecule has 2 heterocycles. The summed E-state index contributed by atoms with van der Waals surface area (Å²) in [6.45, 7) is 7.26. The topological polar surface area (TPSA) is 89.4 Å². The Morgan fingerprint density at radius 2 is 2.03 bits per heavy atom. The van der Waals surface area contributed by atoms with Gasteiger partial charge < -0.3 is 14.8 Å². The molecule has 0 amide bonds. The van der Waals surface area contributed by atoms with Crippen molar-refractivity contribution in [2.45, 2.75) is 26.7 Å². The first kappa shape index (κ1) is 23.3. The Balaban J connectivity index is 2.11. The van der Waals surface area contributed by atoms with E-state index in [4.69, 9.17) is 21.1 Å². The lowest BCUT2D eigenvalue weighted by molar-refractivity contribution is -0.146. The Kier molecular flexibility index (Phi) is 8.15. The highest BCUT2D eigenvalue weighted by Gasteiger charge is 2.43. The Morgan fingerprint density at radius 1 is 1.26 bits per heavy atom. The van der Waals surface area contributed by atoms with Crippen LogP contribution >= 0.6 is 23.4 Å². The Labute approximate surface area is 191 Å². The van der Waals surface area contributed by atoms with Crippen molar-refractivity contribution in [3.8, 4) is 0 Å². The van der Waals surface area contributed by atoms with Crippen LogP contribution in [0.1, 0.15) is 32.3 Å². The minimum absolute atomic E-state index is 0.214. The molecule has 0 saturated heterocycles. The van der Waals surface area contributed by atoms with Gasteiger partial charge in [-0.25, -0.2) is 4.79 Å². The van der Waals surface area contributed by atoms with Crippen LogP contribution < -0.4 is 5.32 Å². The monoisotopic (exact) mass is 463 g/mol. The number of amidine groups is 1. The van der Waals surface area contributed by atoms with E-state index >= 15 is 0 Å². The zero-order valence-electron chi connectivity index (χ0n) is 17.8. The average Bonchev–Trinajstić information content (AvgIpc) is 3.25. The molecule has 3 rings (SSSR count). The van der Waals surface area contributed by atoms with Crippen LogP contribution in [-0.2, 0) is 19.1 Å². The molecule has 166 valence electrons. The maximum absolute atomic E-state index is 13.1. The molecule has 31 heavy (non-hydrogen) atoms. The zero-order valence-corrected chi connectivity index (χ0v) is 19.4. The van der Waals surface area contributed by atoms with Crippen molar-refractivity contribution in [3.05, 3.63) is 46.1 Å². The van der Waals surface area contributed by atoms with Crippen LogP contribution in [0, 0.1) is 5.92 Å². The van der Waals surface area contributed by atoms with Crippen LogP contribution in [-0.4, -0.2) is 54.9 Å². The van der Waals surface area contributed by atoms with Crippen LogP contribution in [0.2, 0.25) is 5.02 Å². The van der Waals surface area contributed by atoms with E-state index in [2.05, 4.69) is 15.3 Å². The molecular formula is C22H26ClN3O4S. The van der Waals surface area contributed by atoms with Crippen molar-refractivity contribution in [2.75, 3.05) is 32.1 Å². The number of ether oxygens (including phenoxy) is 2. The van der Waals surface area contributed by atoms with E-state index in [9.17, 15) is 9.59 Å². The molecular weight excluding hydrogens is 438 g/mol. The molecule has 1 aromatic rings. The first-order chi connectivity index (χ1) is 15.0. The molecule has 2 unspecified atom stereocenters. The number of aliphatic imine (C=N–C) groups is 2. The van der Waals surface area contributed by atoms with Gasteiger partial charge in [0.15, 0.2) is 5.17 Å². The van der Waals surface area contributed by atoms with Crippen molar-refractivity contribution in [1.82, 2.24) is 5.32 Å². The van der Waals surface area contributed by atoms with Crippen LogP contribution in [0.5, 0.6) is 0 Å². The van der Waals surface area contributed by atoms with E-state index in [1.54, 1.807) is 39.0 Å². The number of carbonyl (C=O) groups excluding carboxylic acids is 2. The van der Waals surface area contributed by atoms with Gasteiger partial charge in [0.25, 0.3) is 0 Å². The second kappa shape index (κ2) is 10.8. The van der Waals surface area contributed by atoms with E-state index in [0.29, 0.717) is 27.8 Å². The number of thioether (sulfide) groups is 1. The number of nitrogens with one attached hydrogen (secondary N) is 1. The maximum Gasteiger partial charge on any atom is 0.336 e. The summed E-state index contributed by atoms with van der Waals surface area (Å²) >= 11 is 7.73. The number of hydrogen-bond acceptors (Lipinski definition) is 8. The SMILES string of the molecule is CCOC(=O)C1=C(CSC2=NCCN2)N=C(C)C(C(=O)OCC)C1c1cccc(Cl)c1. The van der Waals surface area contributed by atoms with Crippen LogP contribution in [0.3, 0.4) is 0 Å². The summed E-state index contributed by atoms with van der Waals surface area (Å²) in [6, 6.07) is 7.18. The lowest BCUT2D eigenvalue weighted by atomic mass is 9.75. The normalized spacial score (nSPS) is 20.6. The molecule has 0 aliphatic carbocycles. The number of esters is 2. The fourth-order valence-corrected chi connectivity index (χ4v) is 4.78. The molecule has 2 atom stereocenters. The maximum atomic E-state index is 13.1. The molecule has 1 aromatic carbocycles. The Hall–Kier alpha value is -2.32. The van der Waals surface area contributed by atoms with E-state index < -0.39 is 23.8 Å². The molecule has 0 aromatic heterocycles. The summed E-state index contributed by atoms with van der Waals surface area (Å²) in [4.78, 5) is 35.1. The standard InChI is InChI=1S/C22H26ClN3O4S/c1-4-29-20(27)17-13(3)26-16(12-31-22-24-9-10-25-22)19(21(28)30-5-2)18(17)14-7-6-8-15(23)11-14/h6-8,11,17-18H,4-5,9-10,12H2,1-3H3,(H,24,25). The fourth-order valence-electron chi connectivity index (χ4n) is 3.70. The second-order valence-electron chi connectivity index (χ2n) is 7.00.